The first-order chi connectivity index (χ1) is 8.66. The fourth-order valence-corrected chi connectivity index (χ4v) is 3.05. The molecule has 0 aliphatic heterocycles. The average molecular weight is 245 g/mol. The second-order valence-corrected chi connectivity index (χ2v) is 6.17. The van der Waals surface area contributed by atoms with E-state index >= 15 is 0 Å². The molecule has 1 atom stereocenters. The van der Waals surface area contributed by atoms with Gasteiger partial charge in [-0.05, 0) is 29.4 Å². The van der Waals surface area contributed by atoms with Crippen molar-refractivity contribution in [3.05, 3.63) is 35.4 Å². The first-order valence-corrected chi connectivity index (χ1v) is 7.52. The van der Waals surface area contributed by atoms with Gasteiger partial charge in [-0.25, -0.2) is 0 Å². The molecule has 1 unspecified atom stereocenters. The SMILES string of the molecule is CC(C)c1ccc(C(N)CC2CCCCC2)cc1. The molecule has 0 spiro atoms. The Labute approximate surface area is 112 Å². The van der Waals surface area contributed by atoms with Gasteiger partial charge in [-0.3, -0.25) is 0 Å². The standard InChI is InChI=1S/C17H27N/c1-13(2)15-8-10-16(11-9-15)17(18)12-14-6-4-3-5-7-14/h8-11,13-14,17H,3-7,12,18H2,1-2H3. The van der Waals surface area contributed by atoms with Crippen molar-refractivity contribution >= 4 is 0 Å². The van der Waals surface area contributed by atoms with Gasteiger partial charge in [0.2, 0.25) is 0 Å². The summed E-state index contributed by atoms with van der Waals surface area (Å²) in [7, 11) is 0. The van der Waals surface area contributed by atoms with E-state index in [4.69, 9.17) is 5.73 Å². The van der Waals surface area contributed by atoms with Crippen molar-refractivity contribution in [3.63, 3.8) is 0 Å². The zero-order valence-electron chi connectivity index (χ0n) is 11.9. The van der Waals surface area contributed by atoms with Crippen LogP contribution in [-0.4, -0.2) is 0 Å². The van der Waals surface area contributed by atoms with Gasteiger partial charge in [0, 0.05) is 6.04 Å². The fourth-order valence-electron chi connectivity index (χ4n) is 3.05. The molecule has 18 heavy (non-hydrogen) atoms. The fraction of sp³-hybridized carbons (Fsp3) is 0.647. The molecule has 0 aromatic heterocycles. The number of hydrogen-bond acceptors (Lipinski definition) is 1. The van der Waals surface area contributed by atoms with Crippen molar-refractivity contribution in [2.24, 2.45) is 11.7 Å². The van der Waals surface area contributed by atoms with Gasteiger partial charge in [0.15, 0.2) is 0 Å². The van der Waals surface area contributed by atoms with Crippen molar-refractivity contribution in [3.8, 4) is 0 Å². The number of nitrogens with two attached hydrogens (primary N) is 1. The quantitative estimate of drug-likeness (QED) is 0.811. The zero-order valence-corrected chi connectivity index (χ0v) is 11.9. The minimum atomic E-state index is 0.231. The summed E-state index contributed by atoms with van der Waals surface area (Å²) in [6.07, 6.45) is 8.18. The molecular formula is C17H27N. The van der Waals surface area contributed by atoms with E-state index in [2.05, 4.69) is 38.1 Å². The van der Waals surface area contributed by atoms with Crippen LogP contribution in [0, 0.1) is 5.92 Å². The highest BCUT2D eigenvalue weighted by Gasteiger charge is 2.17. The van der Waals surface area contributed by atoms with Gasteiger partial charge in [-0.2, -0.15) is 0 Å². The first kappa shape index (κ1) is 13.6. The van der Waals surface area contributed by atoms with E-state index in [9.17, 15) is 0 Å². The lowest BCUT2D eigenvalue weighted by molar-refractivity contribution is 0.319. The van der Waals surface area contributed by atoms with Gasteiger partial charge >= 0.3 is 0 Å². The summed E-state index contributed by atoms with van der Waals surface area (Å²) in [5, 5.41) is 0. The largest absolute Gasteiger partial charge is 0.324 e. The third kappa shape index (κ3) is 3.58. The van der Waals surface area contributed by atoms with E-state index in [0.29, 0.717) is 5.92 Å². The molecule has 2 rings (SSSR count). The van der Waals surface area contributed by atoms with E-state index in [1.165, 1.54) is 49.7 Å². The van der Waals surface area contributed by atoms with Gasteiger partial charge in [-0.15, -0.1) is 0 Å². The van der Waals surface area contributed by atoms with E-state index in [-0.39, 0.29) is 6.04 Å². The van der Waals surface area contributed by atoms with Crippen LogP contribution in [0.3, 0.4) is 0 Å². The third-order valence-corrected chi connectivity index (χ3v) is 4.34. The Morgan fingerprint density at radius 2 is 1.56 bits per heavy atom. The normalized spacial score (nSPS) is 19.1. The van der Waals surface area contributed by atoms with Crippen LogP contribution in [0.4, 0.5) is 0 Å². The summed E-state index contributed by atoms with van der Waals surface area (Å²) in [6.45, 7) is 4.47. The molecule has 0 saturated heterocycles. The summed E-state index contributed by atoms with van der Waals surface area (Å²) in [5.41, 5.74) is 9.07. The van der Waals surface area contributed by atoms with Gasteiger partial charge in [0.1, 0.15) is 0 Å². The lowest BCUT2D eigenvalue weighted by atomic mass is 9.83. The molecule has 2 N–H and O–H groups in total. The Balaban J connectivity index is 1.93. The number of rotatable bonds is 4. The predicted octanol–water partition coefficient (Wildman–Crippen LogP) is 4.78. The van der Waals surface area contributed by atoms with Gasteiger partial charge in [0.05, 0.1) is 0 Å². The topological polar surface area (TPSA) is 26.0 Å². The molecule has 1 fully saturated rings. The van der Waals surface area contributed by atoms with Gasteiger partial charge < -0.3 is 5.73 Å². The van der Waals surface area contributed by atoms with E-state index in [0.717, 1.165) is 5.92 Å². The molecule has 1 aromatic rings. The zero-order chi connectivity index (χ0) is 13.0. The van der Waals surface area contributed by atoms with Gasteiger partial charge in [0.25, 0.3) is 0 Å². The van der Waals surface area contributed by atoms with Crippen molar-refractivity contribution < 1.29 is 0 Å². The Morgan fingerprint density at radius 1 is 1.00 bits per heavy atom. The number of hydrogen-bond donors (Lipinski definition) is 1. The van der Waals surface area contributed by atoms with Crippen molar-refractivity contribution in [1.29, 1.82) is 0 Å². The molecule has 1 aliphatic rings. The maximum atomic E-state index is 6.35. The van der Waals surface area contributed by atoms with E-state index < -0.39 is 0 Å². The third-order valence-electron chi connectivity index (χ3n) is 4.34. The first-order valence-electron chi connectivity index (χ1n) is 7.52. The summed E-state index contributed by atoms with van der Waals surface area (Å²) < 4.78 is 0. The maximum absolute atomic E-state index is 6.35. The Hall–Kier alpha value is -0.820. The van der Waals surface area contributed by atoms with Crippen LogP contribution < -0.4 is 5.73 Å². The molecule has 1 aliphatic carbocycles. The second kappa shape index (κ2) is 6.38. The molecular weight excluding hydrogens is 218 g/mol. The predicted molar refractivity (Wildman–Crippen MR) is 78.7 cm³/mol. The minimum Gasteiger partial charge on any atom is -0.324 e. The average Bonchev–Trinajstić information content (AvgIpc) is 2.40. The summed E-state index contributed by atoms with van der Waals surface area (Å²) in [5.74, 6) is 1.46. The monoisotopic (exact) mass is 245 g/mol. The van der Waals surface area contributed by atoms with E-state index in [1.807, 2.05) is 0 Å². The Morgan fingerprint density at radius 3 is 2.11 bits per heavy atom. The molecule has 0 radical (unpaired) electrons. The molecule has 100 valence electrons. The molecule has 1 saturated carbocycles. The summed E-state index contributed by atoms with van der Waals surface area (Å²) in [6, 6.07) is 9.15. The Kier molecular flexibility index (Phi) is 4.82. The molecule has 1 nitrogen and oxygen atoms in total. The van der Waals surface area contributed by atoms with Crippen LogP contribution in [0.2, 0.25) is 0 Å². The maximum Gasteiger partial charge on any atom is 0.0297 e. The highest BCUT2D eigenvalue weighted by atomic mass is 14.6. The number of benzene rings is 1. The van der Waals surface area contributed by atoms with Crippen molar-refractivity contribution in [2.45, 2.75) is 64.3 Å². The van der Waals surface area contributed by atoms with Gasteiger partial charge in [-0.1, -0.05) is 70.2 Å². The molecule has 0 amide bonds. The van der Waals surface area contributed by atoms with Crippen LogP contribution in [0.5, 0.6) is 0 Å². The Bertz CT molecular complexity index is 346. The smallest absolute Gasteiger partial charge is 0.0297 e. The van der Waals surface area contributed by atoms with Crippen LogP contribution in [-0.2, 0) is 0 Å². The lowest BCUT2D eigenvalue weighted by Crippen LogP contribution is -2.17. The van der Waals surface area contributed by atoms with Crippen molar-refractivity contribution in [2.75, 3.05) is 0 Å². The van der Waals surface area contributed by atoms with Crippen molar-refractivity contribution in [1.82, 2.24) is 0 Å². The molecule has 0 heterocycles. The highest BCUT2D eigenvalue weighted by molar-refractivity contribution is 5.26. The summed E-state index contributed by atoms with van der Waals surface area (Å²) in [4.78, 5) is 0. The second-order valence-electron chi connectivity index (χ2n) is 6.17. The van der Waals surface area contributed by atoms with Crippen LogP contribution in [0.15, 0.2) is 24.3 Å². The molecule has 1 heteroatoms. The lowest BCUT2D eigenvalue weighted by Gasteiger charge is -2.24. The van der Waals surface area contributed by atoms with Crippen LogP contribution >= 0.6 is 0 Å². The minimum absolute atomic E-state index is 0.231. The molecule has 0 bridgehead atoms. The van der Waals surface area contributed by atoms with Crippen LogP contribution in [0.1, 0.15) is 75.5 Å². The van der Waals surface area contributed by atoms with E-state index in [1.54, 1.807) is 0 Å². The van der Waals surface area contributed by atoms with Crippen LogP contribution in [0.25, 0.3) is 0 Å². The molecule has 1 aromatic carbocycles. The summed E-state index contributed by atoms with van der Waals surface area (Å²) >= 11 is 0. The highest BCUT2D eigenvalue weighted by Crippen LogP contribution is 2.31.